The third kappa shape index (κ3) is 3.37. The van der Waals surface area contributed by atoms with Crippen molar-refractivity contribution in [2.45, 2.75) is 0 Å². The molecular formula is C36H25BN2. The molecule has 0 N–H and O–H groups in total. The Hall–Kier alpha value is -5.02. The summed E-state index contributed by atoms with van der Waals surface area (Å²) in [7, 11) is 2.17. The molecule has 0 bridgehead atoms. The summed E-state index contributed by atoms with van der Waals surface area (Å²) in [5.41, 5.74) is 11.0. The molecule has 6 aromatic carbocycles. The standard InChI is InChI=1S/C36H25BN2/c37-26-17-20-36-32(23-26)31-22-25(16-19-35(31)39(36)28-11-5-2-6-12-28)24-15-18-34-30(21-24)29-13-7-8-14-33(29)38(34)27-9-3-1-4-10-27/h1-23H,37H2. The number of hydrogen-bond acceptors (Lipinski definition) is 0. The summed E-state index contributed by atoms with van der Waals surface area (Å²) >= 11 is 0. The van der Waals surface area contributed by atoms with Crippen molar-refractivity contribution in [3.63, 3.8) is 0 Å². The predicted octanol–water partition coefficient (Wildman–Crippen LogP) is 7.81. The molecule has 0 atom stereocenters. The van der Waals surface area contributed by atoms with E-state index in [0.29, 0.717) is 0 Å². The van der Waals surface area contributed by atoms with Crippen molar-refractivity contribution in [1.29, 1.82) is 0 Å². The highest BCUT2D eigenvalue weighted by atomic mass is 15.0. The number of fused-ring (bicyclic) bond motifs is 6. The summed E-state index contributed by atoms with van der Waals surface area (Å²) in [6.07, 6.45) is 0. The molecule has 0 fully saturated rings. The van der Waals surface area contributed by atoms with E-state index >= 15 is 0 Å². The second-order valence-electron chi connectivity index (χ2n) is 10.3. The lowest BCUT2D eigenvalue weighted by molar-refractivity contribution is 1.18. The van der Waals surface area contributed by atoms with Gasteiger partial charge < -0.3 is 9.13 Å². The van der Waals surface area contributed by atoms with Crippen LogP contribution in [0.15, 0.2) is 140 Å². The van der Waals surface area contributed by atoms with Gasteiger partial charge in [0.05, 0.1) is 22.1 Å². The Labute approximate surface area is 227 Å². The average molecular weight is 496 g/mol. The minimum absolute atomic E-state index is 1.18. The number of rotatable bonds is 3. The van der Waals surface area contributed by atoms with Gasteiger partial charge in [-0.05, 0) is 71.8 Å². The van der Waals surface area contributed by atoms with Crippen molar-refractivity contribution in [1.82, 2.24) is 9.13 Å². The largest absolute Gasteiger partial charge is 0.309 e. The molecule has 0 aliphatic heterocycles. The molecule has 0 spiro atoms. The fourth-order valence-electron chi connectivity index (χ4n) is 6.18. The number of aromatic nitrogens is 2. The third-order valence-electron chi connectivity index (χ3n) is 7.96. The Kier molecular flexibility index (Phi) is 4.80. The summed E-state index contributed by atoms with van der Waals surface area (Å²) in [4.78, 5) is 0. The van der Waals surface area contributed by atoms with E-state index in [1.165, 1.54) is 71.6 Å². The van der Waals surface area contributed by atoms with Crippen molar-refractivity contribution < 1.29 is 0 Å². The van der Waals surface area contributed by atoms with Crippen LogP contribution in [0.5, 0.6) is 0 Å². The van der Waals surface area contributed by atoms with Crippen LogP contribution in [0.1, 0.15) is 0 Å². The first-order chi connectivity index (χ1) is 19.3. The summed E-state index contributed by atoms with van der Waals surface area (Å²) in [5.74, 6) is 0. The van der Waals surface area contributed by atoms with Crippen molar-refractivity contribution >= 4 is 56.9 Å². The maximum absolute atomic E-state index is 2.38. The van der Waals surface area contributed by atoms with Crippen molar-refractivity contribution in [2.75, 3.05) is 0 Å². The van der Waals surface area contributed by atoms with E-state index in [9.17, 15) is 0 Å². The molecule has 8 aromatic rings. The second-order valence-corrected chi connectivity index (χ2v) is 10.3. The second kappa shape index (κ2) is 8.51. The Bertz CT molecular complexity index is 2170. The van der Waals surface area contributed by atoms with Crippen LogP contribution in [-0.4, -0.2) is 17.0 Å². The van der Waals surface area contributed by atoms with E-state index < -0.39 is 0 Å². The van der Waals surface area contributed by atoms with Crippen LogP contribution in [0.3, 0.4) is 0 Å². The fourth-order valence-corrected chi connectivity index (χ4v) is 6.18. The zero-order chi connectivity index (χ0) is 25.9. The number of para-hydroxylation sites is 3. The lowest BCUT2D eigenvalue weighted by Crippen LogP contribution is -2.00. The van der Waals surface area contributed by atoms with Gasteiger partial charge >= 0.3 is 0 Å². The van der Waals surface area contributed by atoms with E-state index in [1.807, 2.05) is 0 Å². The van der Waals surface area contributed by atoms with Gasteiger partial charge in [0, 0.05) is 32.9 Å². The highest BCUT2D eigenvalue weighted by Crippen LogP contribution is 2.37. The molecule has 2 nitrogen and oxygen atoms in total. The minimum atomic E-state index is 1.18. The zero-order valence-electron chi connectivity index (χ0n) is 21.7. The molecule has 2 aromatic heterocycles. The lowest BCUT2D eigenvalue weighted by atomic mass is 9.94. The monoisotopic (exact) mass is 496 g/mol. The molecule has 0 amide bonds. The van der Waals surface area contributed by atoms with Gasteiger partial charge in [-0.1, -0.05) is 84.3 Å². The van der Waals surface area contributed by atoms with Crippen LogP contribution in [0.25, 0.3) is 66.1 Å². The first-order valence-electron chi connectivity index (χ1n) is 13.5. The van der Waals surface area contributed by atoms with Gasteiger partial charge in [0.25, 0.3) is 0 Å². The van der Waals surface area contributed by atoms with Gasteiger partial charge in [-0.2, -0.15) is 0 Å². The molecule has 8 rings (SSSR count). The van der Waals surface area contributed by atoms with Crippen LogP contribution >= 0.6 is 0 Å². The lowest BCUT2D eigenvalue weighted by Gasteiger charge is -2.09. The van der Waals surface area contributed by atoms with Crippen LogP contribution in [0.2, 0.25) is 0 Å². The smallest absolute Gasteiger partial charge is 0.139 e. The van der Waals surface area contributed by atoms with Crippen LogP contribution in [0.4, 0.5) is 0 Å². The molecule has 39 heavy (non-hydrogen) atoms. The molecule has 0 aliphatic rings. The molecular weight excluding hydrogens is 471 g/mol. The Morgan fingerprint density at radius 1 is 0.359 bits per heavy atom. The van der Waals surface area contributed by atoms with Gasteiger partial charge in [-0.15, -0.1) is 0 Å². The molecule has 0 aliphatic carbocycles. The predicted molar refractivity (Wildman–Crippen MR) is 169 cm³/mol. The van der Waals surface area contributed by atoms with E-state index in [0.717, 1.165) is 0 Å². The first-order valence-corrected chi connectivity index (χ1v) is 13.5. The Morgan fingerprint density at radius 3 is 1.38 bits per heavy atom. The van der Waals surface area contributed by atoms with E-state index in [4.69, 9.17) is 0 Å². The number of benzene rings is 6. The van der Waals surface area contributed by atoms with Crippen molar-refractivity contribution in [3.05, 3.63) is 140 Å². The molecule has 0 saturated carbocycles. The van der Waals surface area contributed by atoms with Crippen LogP contribution < -0.4 is 5.46 Å². The Morgan fingerprint density at radius 2 is 0.795 bits per heavy atom. The maximum atomic E-state index is 2.38. The van der Waals surface area contributed by atoms with Crippen molar-refractivity contribution in [3.8, 4) is 22.5 Å². The highest BCUT2D eigenvalue weighted by Gasteiger charge is 2.16. The van der Waals surface area contributed by atoms with Crippen LogP contribution in [0, 0.1) is 0 Å². The van der Waals surface area contributed by atoms with E-state index in [-0.39, 0.29) is 0 Å². The fraction of sp³-hybridized carbons (Fsp3) is 0. The van der Waals surface area contributed by atoms with Gasteiger partial charge in [0.2, 0.25) is 0 Å². The average Bonchev–Trinajstić information content (AvgIpc) is 3.50. The summed E-state index contributed by atoms with van der Waals surface area (Å²) in [6.45, 7) is 0. The molecule has 0 saturated heterocycles. The SMILES string of the molecule is Bc1ccc2c(c1)c1cc(-c3ccc4c(c3)c3ccccc3n4-c3ccccc3)ccc1n2-c1ccccc1. The van der Waals surface area contributed by atoms with Crippen molar-refractivity contribution in [2.24, 2.45) is 0 Å². The topological polar surface area (TPSA) is 9.86 Å². The molecule has 0 unspecified atom stereocenters. The van der Waals surface area contributed by atoms with Gasteiger partial charge in [0.1, 0.15) is 7.85 Å². The minimum Gasteiger partial charge on any atom is -0.309 e. The maximum Gasteiger partial charge on any atom is 0.139 e. The zero-order valence-corrected chi connectivity index (χ0v) is 21.7. The van der Waals surface area contributed by atoms with Gasteiger partial charge in [0.15, 0.2) is 0 Å². The normalized spacial score (nSPS) is 11.7. The summed E-state index contributed by atoms with van der Waals surface area (Å²) < 4.78 is 4.75. The summed E-state index contributed by atoms with van der Waals surface area (Å²) in [5, 5.41) is 5.12. The number of hydrogen-bond donors (Lipinski definition) is 0. The molecule has 3 heteroatoms. The molecule has 0 radical (unpaired) electrons. The molecule has 2 heterocycles. The van der Waals surface area contributed by atoms with E-state index in [2.05, 4.69) is 157 Å². The molecule has 182 valence electrons. The van der Waals surface area contributed by atoms with Gasteiger partial charge in [-0.25, -0.2) is 0 Å². The highest BCUT2D eigenvalue weighted by molar-refractivity contribution is 6.34. The number of nitrogens with zero attached hydrogens (tertiary/aromatic N) is 2. The Balaban J connectivity index is 1.37. The summed E-state index contributed by atoms with van der Waals surface area (Å²) in [6, 6.07) is 50.6. The quantitative estimate of drug-likeness (QED) is 0.221. The van der Waals surface area contributed by atoms with Crippen LogP contribution in [-0.2, 0) is 0 Å². The first kappa shape index (κ1) is 22.0. The van der Waals surface area contributed by atoms with E-state index in [1.54, 1.807) is 0 Å². The van der Waals surface area contributed by atoms with Gasteiger partial charge in [-0.3, -0.25) is 0 Å². The third-order valence-corrected chi connectivity index (χ3v) is 7.96.